The SMILES string of the molecule is O=C1C=C(c2ccc(Cl)c(Cl)c2)C(=O)O1. The van der Waals surface area contributed by atoms with E-state index in [9.17, 15) is 9.59 Å². The van der Waals surface area contributed by atoms with Crippen LogP contribution in [0.5, 0.6) is 0 Å². The van der Waals surface area contributed by atoms with Crippen LogP contribution in [0.2, 0.25) is 10.0 Å². The van der Waals surface area contributed by atoms with E-state index in [2.05, 4.69) is 4.74 Å². The molecule has 76 valence electrons. The fourth-order valence-corrected chi connectivity index (χ4v) is 1.52. The molecule has 0 atom stereocenters. The minimum atomic E-state index is -0.668. The van der Waals surface area contributed by atoms with E-state index in [-0.39, 0.29) is 5.57 Å². The third kappa shape index (κ3) is 1.89. The fraction of sp³-hybridized carbons (Fsp3) is 0. The highest BCUT2D eigenvalue weighted by Crippen LogP contribution is 2.28. The molecule has 1 aromatic carbocycles. The Labute approximate surface area is 95.2 Å². The van der Waals surface area contributed by atoms with Crippen molar-refractivity contribution in [2.75, 3.05) is 0 Å². The summed E-state index contributed by atoms with van der Waals surface area (Å²) >= 11 is 11.5. The Hall–Kier alpha value is -1.32. The van der Waals surface area contributed by atoms with Crippen LogP contribution in [0.3, 0.4) is 0 Å². The molecule has 1 aliphatic rings. The molecular weight excluding hydrogens is 239 g/mol. The monoisotopic (exact) mass is 242 g/mol. The Morgan fingerprint density at radius 1 is 1.07 bits per heavy atom. The number of benzene rings is 1. The molecule has 0 unspecified atom stereocenters. The van der Waals surface area contributed by atoms with E-state index >= 15 is 0 Å². The van der Waals surface area contributed by atoms with Gasteiger partial charge < -0.3 is 4.74 Å². The van der Waals surface area contributed by atoms with Gasteiger partial charge in [-0.1, -0.05) is 29.3 Å². The van der Waals surface area contributed by atoms with Gasteiger partial charge in [0.05, 0.1) is 15.6 Å². The normalized spacial score (nSPS) is 15.2. The van der Waals surface area contributed by atoms with Crippen molar-refractivity contribution in [1.29, 1.82) is 0 Å². The molecule has 1 aromatic rings. The lowest BCUT2D eigenvalue weighted by Gasteiger charge is -2.01. The fourth-order valence-electron chi connectivity index (χ4n) is 1.22. The minimum absolute atomic E-state index is 0.193. The van der Waals surface area contributed by atoms with Gasteiger partial charge >= 0.3 is 11.9 Å². The van der Waals surface area contributed by atoms with E-state index in [0.717, 1.165) is 6.08 Å². The van der Waals surface area contributed by atoms with Crippen LogP contribution in [-0.2, 0) is 14.3 Å². The van der Waals surface area contributed by atoms with Gasteiger partial charge in [0.25, 0.3) is 0 Å². The number of halogens is 2. The summed E-state index contributed by atoms with van der Waals surface area (Å²) in [5.41, 5.74) is 0.707. The van der Waals surface area contributed by atoms with Gasteiger partial charge in [-0.2, -0.15) is 0 Å². The van der Waals surface area contributed by atoms with Crippen LogP contribution in [0.1, 0.15) is 5.56 Å². The summed E-state index contributed by atoms with van der Waals surface area (Å²) in [5, 5.41) is 0.709. The summed E-state index contributed by atoms with van der Waals surface area (Å²) in [6.45, 7) is 0. The van der Waals surface area contributed by atoms with Crippen LogP contribution in [0.25, 0.3) is 5.57 Å². The van der Waals surface area contributed by atoms with Crippen LogP contribution >= 0.6 is 23.2 Å². The molecule has 0 N–H and O–H groups in total. The number of ether oxygens (including phenoxy) is 1. The first-order valence-corrected chi connectivity index (χ1v) is 4.77. The summed E-state index contributed by atoms with van der Waals surface area (Å²) in [6, 6.07) is 4.66. The zero-order chi connectivity index (χ0) is 11.0. The average molecular weight is 243 g/mol. The van der Waals surface area contributed by atoms with Crippen molar-refractivity contribution in [1.82, 2.24) is 0 Å². The smallest absolute Gasteiger partial charge is 0.346 e. The molecule has 0 saturated carbocycles. The van der Waals surface area contributed by atoms with E-state index < -0.39 is 11.9 Å². The van der Waals surface area contributed by atoms with Crippen molar-refractivity contribution in [3.05, 3.63) is 39.9 Å². The van der Waals surface area contributed by atoms with Crippen molar-refractivity contribution >= 4 is 40.7 Å². The van der Waals surface area contributed by atoms with Crippen molar-refractivity contribution in [2.45, 2.75) is 0 Å². The van der Waals surface area contributed by atoms with E-state index in [1.807, 2.05) is 0 Å². The number of hydrogen-bond acceptors (Lipinski definition) is 3. The Morgan fingerprint density at radius 3 is 2.33 bits per heavy atom. The van der Waals surface area contributed by atoms with Gasteiger partial charge in [0, 0.05) is 6.08 Å². The molecule has 0 bridgehead atoms. The molecule has 1 heterocycles. The maximum Gasteiger partial charge on any atom is 0.346 e. The molecule has 2 rings (SSSR count). The van der Waals surface area contributed by atoms with Crippen molar-refractivity contribution in [2.24, 2.45) is 0 Å². The second-order valence-corrected chi connectivity index (χ2v) is 3.71. The maximum atomic E-state index is 11.2. The van der Waals surface area contributed by atoms with E-state index in [1.165, 1.54) is 6.07 Å². The van der Waals surface area contributed by atoms with Gasteiger partial charge in [-0.15, -0.1) is 0 Å². The third-order valence-corrected chi connectivity index (χ3v) is 2.65. The molecule has 0 aliphatic carbocycles. The molecule has 0 fully saturated rings. The number of cyclic esters (lactones) is 2. The highest BCUT2D eigenvalue weighted by Gasteiger charge is 2.25. The lowest BCUT2D eigenvalue weighted by molar-refractivity contribution is -0.149. The predicted octanol–water partition coefficient (Wildman–Crippen LogP) is 2.46. The molecule has 0 aromatic heterocycles. The standard InChI is InChI=1S/C10H4Cl2O3/c11-7-2-1-5(3-8(7)12)6-4-9(13)15-10(6)14/h1-4H. The zero-order valence-electron chi connectivity index (χ0n) is 7.29. The molecule has 0 saturated heterocycles. The lowest BCUT2D eigenvalue weighted by Crippen LogP contribution is -2.01. The van der Waals surface area contributed by atoms with Crippen LogP contribution in [0.4, 0.5) is 0 Å². The Bertz CT molecular complexity index is 491. The summed E-state index contributed by atoms with van der Waals surface area (Å²) in [6.07, 6.45) is 1.13. The number of hydrogen-bond donors (Lipinski definition) is 0. The van der Waals surface area contributed by atoms with Crippen molar-refractivity contribution < 1.29 is 14.3 Å². The van der Waals surface area contributed by atoms with Gasteiger partial charge in [-0.05, 0) is 17.7 Å². The van der Waals surface area contributed by atoms with Gasteiger partial charge in [0.1, 0.15) is 0 Å². The topological polar surface area (TPSA) is 43.4 Å². The first-order chi connectivity index (χ1) is 7.08. The maximum absolute atomic E-state index is 11.2. The zero-order valence-corrected chi connectivity index (χ0v) is 8.80. The van der Waals surface area contributed by atoms with Crippen LogP contribution < -0.4 is 0 Å². The molecule has 3 nitrogen and oxygen atoms in total. The number of rotatable bonds is 1. The predicted molar refractivity (Wildman–Crippen MR) is 55.5 cm³/mol. The van der Waals surface area contributed by atoms with Crippen LogP contribution in [0, 0.1) is 0 Å². The lowest BCUT2D eigenvalue weighted by atomic mass is 10.1. The van der Waals surface area contributed by atoms with Crippen molar-refractivity contribution in [3.8, 4) is 0 Å². The summed E-state index contributed by atoms with van der Waals surface area (Å²) in [4.78, 5) is 22.0. The molecule has 0 radical (unpaired) electrons. The van der Waals surface area contributed by atoms with E-state index in [1.54, 1.807) is 12.1 Å². The Balaban J connectivity index is 2.47. The van der Waals surface area contributed by atoms with Gasteiger partial charge in [-0.25, -0.2) is 9.59 Å². The summed E-state index contributed by atoms with van der Waals surface area (Å²) in [7, 11) is 0. The number of carbonyl (C=O) groups is 2. The number of esters is 2. The Morgan fingerprint density at radius 2 is 1.80 bits per heavy atom. The summed E-state index contributed by atoms with van der Waals surface area (Å²) < 4.78 is 4.35. The quantitative estimate of drug-likeness (QED) is 0.562. The third-order valence-electron chi connectivity index (χ3n) is 1.91. The highest BCUT2D eigenvalue weighted by molar-refractivity contribution is 6.42. The van der Waals surface area contributed by atoms with Crippen molar-refractivity contribution in [3.63, 3.8) is 0 Å². The summed E-state index contributed by atoms with van der Waals surface area (Å²) in [5.74, 6) is -1.33. The first-order valence-electron chi connectivity index (χ1n) is 4.01. The first kappa shape index (κ1) is 10.2. The van der Waals surface area contributed by atoms with Crippen LogP contribution in [0.15, 0.2) is 24.3 Å². The molecule has 0 amide bonds. The van der Waals surface area contributed by atoms with Gasteiger partial charge in [0.15, 0.2) is 0 Å². The molecular formula is C10H4Cl2O3. The second-order valence-electron chi connectivity index (χ2n) is 2.90. The highest BCUT2D eigenvalue weighted by atomic mass is 35.5. The molecule has 0 spiro atoms. The van der Waals surface area contributed by atoms with E-state index in [0.29, 0.717) is 15.6 Å². The average Bonchev–Trinajstić information content (AvgIpc) is 2.50. The number of carbonyl (C=O) groups excluding carboxylic acids is 2. The second kappa shape index (κ2) is 3.68. The van der Waals surface area contributed by atoms with Crippen LogP contribution in [-0.4, -0.2) is 11.9 Å². The Kier molecular flexibility index (Phi) is 2.50. The minimum Gasteiger partial charge on any atom is -0.386 e. The van der Waals surface area contributed by atoms with E-state index in [4.69, 9.17) is 23.2 Å². The molecule has 15 heavy (non-hydrogen) atoms. The largest absolute Gasteiger partial charge is 0.386 e. The molecule has 5 heteroatoms. The van der Waals surface area contributed by atoms with Gasteiger partial charge in [-0.3, -0.25) is 0 Å². The van der Waals surface area contributed by atoms with Gasteiger partial charge in [0.2, 0.25) is 0 Å². The molecule has 1 aliphatic heterocycles.